The van der Waals surface area contributed by atoms with E-state index in [1.54, 1.807) is 51.7 Å². The van der Waals surface area contributed by atoms with Crippen molar-refractivity contribution >= 4 is 45.3 Å². The number of aromatic nitrogens is 4. The Morgan fingerprint density at radius 3 is 1.70 bits per heavy atom. The molecule has 3 N–H and O–H groups in total. The van der Waals surface area contributed by atoms with E-state index < -0.39 is 28.4 Å². The van der Waals surface area contributed by atoms with Gasteiger partial charge in [-0.05, 0) is 12.1 Å². The van der Waals surface area contributed by atoms with E-state index in [1.165, 1.54) is 55.7 Å². The standard InChI is InChI=1S/C21H19N3O6.C15H15ClN2O3.C6H5NO3.C2H3N/c1-28-6-3-7-30-19-9-16-14(8-18(19)29-2)20(13(10-22)11-23-16)24-5-4-17(25)15(12-24)21(26)27;1-19-4-3-5-21-14-7-12-11(6-13(14)20-2)15(16)10(8-17)9-18-12;8-5-1-2-7-3-4(5)6(9)10;1-2-3/h4-5,8-9,11-12H,3,6-7H2,1-2H3,(H,26,27);6-7,9H,3-5H2,1-2H3;1-3H,(H,7,8)(H,9,10);1H3. The van der Waals surface area contributed by atoms with Crippen molar-refractivity contribution in [1.29, 1.82) is 15.8 Å². The van der Waals surface area contributed by atoms with Crippen molar-refractivity contribution in [2.45, 2.75) is 19.8 Å². The quantitative estimate of drug-likeness (QED) is 0.0972. The number of pyridine rings is 4. The van der Waals surface area contributed by atoms with E-state index in [-0.39, 0.29) is 11.1 Å². The third-order valence-electron chi connectivity index (χ3n) is 8.42. The van der Waals surface area contributed by atoms with Crippen LogP contribution in [0, 0.1) is 34.0 Å². The summed E-state index contributed by atoms with van der Waals surface area (Å²) in [5, 5.41) is 45.1. The summed E-state index contributed by atoms with van der Waals surface area (Å²) < 4.78 is 33.6. The molecule has 4 aromatic heterocycles. The number of carboxylic acid groups (broad SMARTS) is 2. The van der Waals surface area contributed by atoms with Crippen LogP contribution in [0.3, 0.4) is 0 Å². The largest absolute Gasteiger partial charge is 0.493 e. The first-order valence-electron chi connectivity index (χ1n) is 18.7. The molecule has 20 heteroatoms. The van der Waals surface area contributed by atoms with Gasteiger partial charge < -0.3 is 48.2 Å². The average Bonchev–Trinajstić information content (AvgIpc) is 3.29. The van der Waals surface area contributed by atoms with Gasteiger partial charge in [-0.15, -0.1) is 0 Å². The summed E-state index contributed by atoms with van der Waals surface area (Å²) in [5.74, 6) is -0.501. The van der Waals surface area contributed by atoms with E-state index in [4.69, 9.17) is 55.7 Å². The minimum Gasteiger partial charge on any atom is -0.493 e. The number of hydrogen-bond acceptors (Lipinski definition) is 15. The van der Waals surface area contributed by atoms with Crippen molar-refractivity contribution in [3.05, 3.63) is 121 Å². The molecule has 6 rings (SSSR count). The van der Waals surface area contributed by atoms with Crippen LogP contribution >= 0.6 is 11.6 Å². The van der Waals surface area contributed by atoms with E-state index in [2.05, 4.69) is 21.0 Å². The van der Waals surface area contributed by atoms with Crippen molar-refractivity contribution in [2.24, 2.45) is 0 Å². The zero-order valence-corrected chi connectivity index (χ0v) is 36.0. The van der Waals surface area contributed by atoms with E-state index in [0.717, 1.165) is 18.7 Å². The molecule has 4 heterocycles. The number of carbonyl (C=O) groups is 2. The van der Waals surface area contributed by atoms with Gasteiger partial charge in [-0.2, -0.15) is 15.8 Å². The monoisotopic (exact) mass is 895 g/mol. The molecule has 19 nitrogen and oxygen atoms in total. The summed E-state index contributed by atoms with van der Waals surface area (Å²) in [6.45, 7) is 3.55. The fourth-order valence-electron chi connectivity index (χ4n) is 5.47. The van der Waals surface area contributed by atoms with Gasteiger partial charge in [0.15, 0.2) is 33.9 Å². The Hall–Kier alpha value is -8.02. The molecule has 0 aliphatic rings. The first-order valence-corrected chi connectivity index (χ1v) is 19.1. The number of nitrogens with one attached hydrogen (secondary N) is 1. The predicted molar refractivity (Wildman–Crippen MR) is 233 cm³/mol. The van der Waals surface area contributed by atoms with Crippen molar-refractivity contribution in [3.63, 3.8) is 0 Å². The molecule has 0 radical (unpaired) electrons. The highest BCUT2D eigenvalue weighted by atomic mass is 35.5. The highest BCUT2D eigenvalue weighted by Crippen LogP contribution is 2.37. The molecule has 0 fully saturated rings. The molecule has 0 saturated heterocycles. The Morgan fingerprint density at radius 2 is 1.23 bits per heavy atom. The fourth-order valence-corrected chi connectivity index (χ4v) is 5.72. The normalized spacial score (nSPS) is 9.92. The maximum absolute atomic E-state index is 11.8. The molecule has 0 bridgehead atoms. The highest BCUT2D eigenvalue weighted by molar-refractivity contribution is 6.36. The molecule has 332 valence electrons. The fraction of sp³-hybridized carbons (Fsp3) is 0.250. The second-order valence-corrected chi connectivity index (χ2v) is 12.9. The lowest BCUT2D eigenvalue weighted by molar-refractivity contribution is 0.0684. The number of aromatic carboxylic acids is 2. The molecule has 2 aromatic carbocycles. The van der Waals surface area contributed by atoms with Crippen LogP contribution in [0.1, 0.15) is 51.6 Å². The second-order valence-electron chi connectivity index (χ2n) is 12.5. The highest BCUT2D eigenvalue weighted by Gasteiger charge is 2.18. The van der Waals surface area contributed by atoms with Gasteiger partial charge in [0.1, 0.15) is 23.3 Å². The molecule has 64 heavy (non-hydrogen) atoms. The van der Waals surface area contributed by atoms with Crippen LogP contribution in [0.4, 0.5) is 0 Å². The van der Waals surface area contributed by atoms with Crippen LogP contribution in [0.25, 0.3) is 27.5 Å². The second kappa shape index (κ2) is 25.7. The molecule has 0 unspecified atom stereocenters. The number of benzene rings is 2. The van der Waals surface area contributed by atoms with Crippen LogP contribution in [-0.2, 0) is 9.47 Å². The molecule has 0 saturated carbocycles. The van der Waals surface area contributed by atoms with E-state index in [9.17, 15) is 29.5 Å². The first kappa shape index (κ1) is 50.3. The van der Waals surface area contributed by atoms with E-state index in [1.807, 2.05) is 6.07 Å². The summed E-state index contributed by atoms with van der Waals surface area (Å²) in [6, 6.07) is 15.0. The predicted octanol–water partition coefficient (Wildman–Crippen LogP) is 6.17. The van der Waals surface area contributed by atoms with Gasteiger partial charge >= 0.3 is 11.9 Å². The van der Waals surface area contributed by atoms with Gasteiger partial charge in [0, 0.05) is 119 Å². The number of methoxy groups -OCH3 is 4. The lowest BCUT2D eigenvalue weighted by Gasteiger charge is -2.16. The summed E-state index contributed by atoms with van der Waals surface area (Å²) in [7, 11) is 6.31. The van der Waals surface area contributed by atoms with Crippen LogP contribution in [0.5, 0.6) is 23.0 Å². The zero-order chi connectivity index (χ0) is 47.2. The Morgan fingerprint density at radius 1 is 0.734 bits per heavy atom. The minimum atomic E-state index is -1.35. The Balaban J connectivity index is 0.000000276. The molecule has 0 aliphatic heterocycles. The average molecular weight is 896 g/mol. The van der Waals surface area contributed by atoms with Crippen LogP contribution in [0.2, 0.25) is 5.02 Å². The first-order chi connectivity index (χ1) is 30.8. The number of H-pyrrole nitrogens is 1. The van der Waals surface area contributed by atoms with Gasteiger partial charge in [0.25, 0.3) is 0 Å². The number of ether oxygens (including phenoxy) is 6. The topological polar surface area (TPSA) is 282 Å². The molecule has 0 aliphatic carbocycles. The Labute approximate surface area is 370 Å². The molecule has 0 amide bonds. The molecular weight excluding hydrogens is 854 g/mol. The smallest absolute Gasteiger partial charge is 0.341 e. The van der Waals surface area contributed by atoms with Gasteiger partial charge in [0.2, 0.25) is 0 Å². The maximum Gasteiger partial charge on any atom is 0.341 e. The lowest BCUT2D eigenvalue weighted by atomic mass is 10.1. The van der Waals surface area contributed by atoms with Crippen LogP contribution in [-0.4, -0.2) is 96.5 Å². The number of hydrogen-bond donors (Lipinski definition) is 3. The van der Waals surface area contributed by atoms with E-state index in [0.29, 0.717) is 93.9 Å². The third kappa shape index (κ3) is 13.5. The van der Waals surface area contributed by atoms with Crippen molar-refractivity contribution in [1.82, 2.24) is 19.5 Å². The Kier molecular flexibility index (Phi) is 20.2. The number of fused-ring (bicyclic) bond motifs is 2. The zero-order valence-electron chi connectivity index (χ0n) is 35.2. The van der Waals surface area contributed by atoms with Crippen LogP contribution < -0.4 is 29.8 Å². The maximum atomic E-state index is 11.8. The molecular formula is C44H42ClN7O12. The van der Waals surface area contributed by atoms with Crippen molar-refractivity contribution < 1.29 is 48.2 Å². The summed E-state index contributed by atoms with van der Waals surface area (Å²) >= 11 is 6.19. The van der Waals surface area contributed by atoms with Gasteiger partial charge in [-0.25, -0.2) is 9.59 Å². The molecule has 0 atom stereocenters. The molecule has 6 aromatic rings. The number of aromatic amines is 1. The van der Waals surface area contributed by atoms with Gasteiger partial charge in [-0.1, -0.05) is 11.6 Å². The number of nitriles is 3. The number of halogens is 1. The Bertz CT molecular complexity index is 2830. The van der Waals surface area contributed by atoms with Gasteiger partial charge in [0.05, 0.1) is 66.4 Å². The number of nitrogens with zero attached hydrogens (tertiary/aromatic N) is 6. The summed E-state index contributed by atoms with van der Waals surface area (Å²) in [6.07, 6.45) is 9.44. The third-order valence-corrected chi connectivity index (χ3v) is 8.82. The van der Waals surface area contributed by atoms with Gasteiger partial charge in [-0.3, -0.25) is 19.6 Å². The summed E-state index contributed by atoms with van der Waals surface area (Å²) in [4.78, 5) is 55.1. The van der Waals surface area contributed by atoms with E-state index >= 15 is 0 Å². The summed E-state index contributed by atoms with van der Waals surface area (Å²) in [5.41, 5.74) is 0.348. The SMILES string of the molecule is CC#N.COCCCOc1cc2ncc(C#N)c(-n3ccc(=O)c(C(=O)O)c3)c2cc1OC.COCCCOc1cc2ncc(C#N)c(Cl)c2cc1OC.O=C(O)c1c[nH]ccc1=O. The molecule has 0 spiro atoms. The lowest BCUT2D eigenvalue weighted by Crippen LogP contribution is -2.16. The minimum absolute atomic E-state index is 0.207. The van der Waals surface area contributed by atoms with Crippen molar-refractivity contribution in [2.75, 3.05) is 54.9 Å². The van der Waals surface area contributed by atoms with Crippen molar-refractivity contribution in [3.8, 4) is 46.9 Å². The number of rotatable bonds is 15. The van der Waals surface area contributed by atoms with Crippen LogP contribution in [0.15, 0.2) is 83.2 Å². The number of carboxylic acids is 2.